The van der Waals surface area contributed by atoms with Crippen molar-refractivity contribution in [3.63, 3.8) is 0 Å². The van der Waals surface area contributed by atoms with Crippen LogP contribution in [0.4, 0.5) is 0 Å². The molecule has 88 valence electrons. The van der Waals surface area contributed by atoms with Crippen LogP contribution in [0.5, 0.6) is 0 Å². The Labute approximate surface area is 96.2 Å². The molecule has 1 aliphatic carbocycles. The molecule has 2 rings (SSSR count). The fraction of sp³-hybridized carbons (Fsp3) is 0.615. The first kappa shape index (κ1) is 11.2. The Bertz CT molecular complexity index is 418. The van der Waals surface area contributed by atoms with Crippen LogP contribution in [-0.2, 0) is 11.2 Å². The van der Waals surface area contributed by atoms with Crippen molar-refractivity contribution in [2.45, 2.75) is 46.6 Å². The third-order valence-electron chi connectivity index (χ3n) is 3.11. The highest BCUT2D eigenvalue weighted by molar-refractivity contribution is 5.73. The van der Waals surface area contributed by atoms with Crippen molar-refractivity contribution in [2.24, 2.45) is 5.41 Å². The lowest BCUT2D eigenvalue weighted by Crippen LogP contribution is -2.34. The van der Waals surface area contributed by atoms with E-state index >= 15 is 0 Å². The van der Waals surface area contributed by atoms with Crippen LogP contribution in [-0.4, -0.2) is 5.91 Å². The highest BCUT2D eigenvalue weighted by atomic mass is 16.3. The average molecular weight is 221 g/mol. The topological polar surface area (TPSA) is 42.2 Å². The Balaban J connectivity index is 2.35. The zero-order chi connectivity index (χ0) is 11.9. The lowest BCUT2D eigenvalue weighted by atomic mass is 9.75. The summed E-state index contributed by atoms with van der Waals surface area (Å²) in [5.74, 6) is 1.98. The van der Waals surface area contributed by atoms with E-state index in [9.17, 15) is 4.79 Å². The predicted molar refractivity (Wildman–Crippen MR) is 62.1 cm³/mol. The molecule has 1 N–H and O–H groups in total. The van der Waals surface area contributed by atoms with Crippen LogP contribution >= 0.6 is 0 Å². The van der Waals surface area contributed by atoms with Crippen LogP contribution in [0.3, 0.4) is 0 Å². The number of rotatable bonds is 1. The third-order valence-corrected chi connectivity index (χ3v) is 3.11. The molecule has 1 aromatic heterocycles. The maximum atomic E-state index is 11.2. The summed E-state index contributed by atoms with van der Waals surface area (Å²) in [5.41, 5.74) is 1.34. The zero-order valence-electron chi connectivity index (χ0n) is 10.4. The van der Waals surface area contributed by atoms with Crippen LogP contribution in [0.15, 0.2) is 10.5 Å². The van der Waals surface area contributed by atoms with Crippen molar-refractivity contribution in [1.82, 2.24) is 5.32 Å². The normalized spacial score (nSPS) is 22.6. The fourth-order valence-electron chi connectivity index (χ4n) is 2.56. The van der Waals surface area contributed by atoms with Crippen molar-refractivity contribution in [3.05, 3.63) is 23.2 Å². The van der Waals surface area contributed by atoms with Crippen molar-refractivity contribution in [2.75, 3.05) is 0 Å². The monoisotopic (exact) mass is 221 g/mol. The lowest BCUT2D eigenvalue weighted by molar-refractivity contribution is -0.120. The molecule has 0 saturated carbocycles. The second-order valence-corrected chi connectivity index (χ2v) is 5.53. The number of carbonyl (C=O) groups excluding carboxylic acids is 1. The van der Waals surface area contributed by atoms with Crippen LogP contribution in [0.1, 0.15) is 50.3 Å². The molecule has 16 heavy (non-hydrogen) atoms. The highest BCUT2D eigenvalue weighted by Gasteiger charge is 2.35. The van der Waals surface area contributed by atoms with Gasteiger partial charge in [-0.25, -0.2) is 0 Å². The molecule has 0 fully saturated rings. The summed E-state index contributed by atoms with van der Waals surface area (Å²) in [6.07, 6.45) is 1.92. The number of carbonyl (C=O) groups is 1. The molecule has 0 bridgehead atoms. The van der Waals surface area contributed by atoms with E-state index in [1.807, 2.05) is 13.0 Å². The van der Waals surface area contributed by atoms with Gasteiger partial charge in [0, 0.05) is 18.9 Å². The van der Waals surface area contributed by atoms with E-state index < -0.39 is 0 Å². The van der Waals surface area contributed by atoms with E-state index in [1.54, 1.807) is 6.92 Å². The number of hydrogen-bond acceptors (Lipinski definition) is 2. The van der Waals surface area contributed by atoms with Gasteiger partial charge in [0.2, 0.25) is 5.91 Å². The quantitative estimate of drug-likeness (QED) is 0.792. The van der Waals surface area contributed by atoms with Gasteiger partial charge in [-0.2, -0.15) is 0 Å². The standard InChI is InChI=1S/C13H19NO2/c1-8-5-10-11(14-9(2)15)6-13(3,4)7-12(10)16-8/h5,11H,6-7H2,1-4H3,(H,14,15)/t11-/m1/s1. The van der Waals surface area contributed by atoms with Gasteiger partial charge in [-0.15, -0.1) is 0 Å². The minimum Gasteiger partial charge on any atom is -0.466 e. The number of aryl methyl sites for hydroxylation is 1. The first-order valence-electron chi connectivity index (χ1n) is 5.74. The molecule has 1 amide bonds. The van der Waals surface area contributed by atoms with Gasteiger partial charge in [0.15, 0.2) is 0 Å². The Kier molecular flexibility index (Phi) is 2.56. The summed E-state index contributed by atoms with van der Waals surface area (Å²) in [6, 6.07) is 2.15. The van der Waals surface area contributed by atoms with Crippen LogP contribution in [0.2, 0.25) is 0 Å². The van der Waals surface area contributed by atoms with Crippen LogP contribution < -0.4 is 5.32 Å². The second kappa shape index (κ2) is 3.65. The van der Waals surface area contributed by atoms with Gasteiger partial charge in [0.1, 0.15) is 11.5 Å². The molecule has 0 spiro atoms. The van der Waals surface area contributed by atoms with Crippen LogP contribution in [0, 0.1) is 12.3 Å². The van der Waals surface area contributed by atoms with E-state index in [0.29, 0.717) is 0 Å². The largest absolute Gasteiger partial charge is 0.466 e. The van der Waals surface area contributed by atoms with E-state index in [2.05, 4.69) is 19.2 Å². The van der Waals surface area contributed by atoms with Crippen molar-refractivity contribution in [1.29, 1.82) is 0 Å². The van der Waals surface area contributed by atoms with Gasteiger partial charge < -0.3 is 9.73 Å². The summed E-state index contributed by atoms with van der Waals surface area (Å²) in [4.78, 5) is 11.2. The van der Waals surface area contributed by atoms with Crippen molar-refractivity contribution in [3.8, 4) is 0 Å². The van der Waals surface area contributed by atoms with Gasteiger partial charge in [-0.05, 0) is 24.8 Å². The Morgan fingerprint density at radius 3 is 2.88 bits per heavy atom. The molecule has 1 heterocycles. The summed E-state index contributed by atoms with van der Waals surface area (Å²) >= 11 is 0. The molecule has 3 heteroatoms. The Morgan fingerprint density at radius 2 is 2.25 bits per heavy atom. The van der Waals surface area contributed by atoms with Crippen molar-refractivity contribution < 1.29 is 9.21 Å². The average Bonchev–Trinajstić information content (AvgIpc) is 2.42. The van der Waals surface area contributed by atoms with E-state index in [4.69, 9.17) is 4.42 Å². The van der Waals surface area contributed by atoms with Gasteiger partial charge in [-0.1, -0.05) is 13.8 Å². The molecule has 0 saturated heterocycles. The molecule has 0 radical (unpaired) electrons. The smallest absolute Gasteiger partial charge is 0.217 e. The van der Waals surface area contributed by atoms with E-state index in [1.165, 1.54) is 0 Å². The molecule has 1 aromatic rings. The van der Waals surface area contributed by atoms with Crippen molar-refractivity contribution >= 4 is 5.91 Å². The molecular weight excluding hydrogens is 202 g/mol. The van der Waals surface area contributed by atoms with Gasteiger partial charge in [0.25, 0.3) is 0 Å². The molecule has 0 aliphatic heterocycles. The second-order valence-electron chi connectivity index (χ2n) is 5.53. The summed E-state index contributed by atoms with van der Waals surface area (Å²) in [5, 5.41) is 3.01. The van der Waals surface area contributed by atoms with E-state index in [0.717, 1.165) is 29.9 Å². The summed E-state index contributed by atoms with van der Waals surface area (Å²) in [7, 11) is 0. The number of furan rings is 1. The molecular formula is C13H19NO2. The number of nitrogens with one attached hydrogen (secondary N) is 1. The maximum absolute atomic E-state index is 11.2. The Morgan fingerprint density at radius 1 is 1.56 bits per heavy atom. The molecule has 1 atom stereocenters. The molecule has 0 aromatic carbocycles. The predicted octanol–water partition coefficient (Wildman–Crippen LogP) is 2.74. The highest BCUT2D eigenvalue weighted by Crippen LogP contribution is 2.41. The van der Waals surface area contributed by atoms with Gasteiger partial charge >= 0.3 is 0 Å². The number of amides is 1. The molecule has 3 nitrogen and oxygen atoms in total. The Hall–Kier alpha value is -1.25. The first-order chi connectivity index (χ1) is 7.37. The molecule has 1 aliphatic rings. The van der Waals surface area contributed by atoms with Gasteiger partial charge in [-0.3, -0.25) is 4.79 Å². The number of fused-ring (bicyclic) bond motifs is 1. The maximum Gasteiger partial charge on any atom is 0.217 e. The SMILES string of the molecule is CC(=O)N[C@@H]1CC(C)(C)Cc2oc(C)cc21. The lowest BCUT2D eigenvalue weighted by Gasteiger charge is -2.34. The third kappa shape index (κ3) is 2.13. The summed E-state index contributed by atoms with van der Waals surface area (Å²) in [6.45, 7) is 7.94. The van der Waals surface area contributed by atoms with Gasteiger partial charge in [0.05, 0.1) is 6.04 Å². The minimum absolute atomic E-state index is 0.0208. The number of hydrogen-bond donors (Lipinski definition) is 1. The fourth-order valence-corrected chi connectivity index (χ4v) is 2.56. The zero-order valence-corrected chi connectivity index (χ0v) is 10.4. The minimum atomic E-state index is 0.0208. The summed E-state index contributed by atoms with van der Waals surface area (Å²) < 4.78 is 5.70. The van der Waals surface area contributed by atoms with Crippen LogP contribution in [0.25, 0.3) is 0 Å². The molecule has 0 unspecified atom stereocenters. The first-order valence-corrected chi connectivity index (χ1v) is 5.74. The van der Waals surface area contributed by atoms with E-state index in [-0.39, 0.29) is 17.4 Å².